The van der Waals surface area contributed by atoms with Crippen molar-refractivity contribution in [2.45, 2.75) is 13.5 Å². The minimum absolute atomic E-state index is 0.134. The highest BCUT2D eigenvalue weighted by atomic mass is 16.5. The van der Waals surface area contributed by atoms with Crippen molar-refractivity contribution in [1.29, 1.82) is 0 Å². The first kappa shape index (κ1) is 13.2. The monoisotopic (exact) mass is 281 g/mol. The van der Waals surface area contributed by atoms with Gasteiger partial charge in [-0.25, -0.2) is 9.78 Å². The quantitative estimate of drug-likeness (QED) is 0.591. The zero-order chi connectivity index (χ0) is 14.8. The van der Waals surface area contributed by atoms with Gasteiger partial charge in [0.05, 0.1) is 11.3 Å². The first-order chi connectivity index (χ1) is 10.1. The van der Waals surface area contributed by atoms with Crippen molar-refractivity contribution in [3.63, 3.8) is 0 Å². The number of imidazole rings is 1. The van der Waals surface area contributed by atoms with Gasteiger partial charge < -0.3 is 14.9 Å². The summed E-state index contributed by atoms with van der Waals surface area (Å²) >= 11 is 0. The van der Waals surface area contributed by atoms with Crippen LogP contribution in [0.3, 0.4) is 0 Å². The number of benzene rings is 1. The number of fused-ring (bicyclic) bond motifs is 1. The molecule has 0 saturated heterocycles. The molecule has 0 fully saturated rings. The third kappa shape index (κ3) is 2.72. The number of aryl methyl sites for hydroxylation is 1. The van der Waals surface area contributed by atoms with Gasteiger partial charge in [-0.3, -0.25) is 0 Å². The lowest BCUT2D eigenvalue weighted by Crippen LogP contribution is -2.08. The molecule has 2 heterocycles. The SMILES string of the molecule is Cc1ccc(N)cc1C(=O)OCc1cn2ccccc2n1. The van der Waals surface area contributed by atoms with Crippen LogP contribution in [0, 0.1) is 6.92 Å². The molecule has 0 aliphatic heterocycles. The number of carbonyl (C=O) groups is 1. The Morgan fingerprint density at radius 3 is 3.00 bits per heavy atom. The lowest BCUT2D eigenvalue weighted by Gasteiger charge is -2.06. The Balaban J connectivity index is 1.74. The molecule has 0 amide bonds. The van der Waals surface area contributed by atoms with Crippen LogP contribution >= 0.6 is 0 Å². The third-order valence-electron chi connectivity index (χ3n) is 3.25. The molecule has 0 unspecified atom stereocenters. The predicted octanol–water partition coefficient (Wildman–Crippen LogP) is 2.58. The molecule has 0 aliphatic rings. The second kappa shape index (κ2) is 5.28. The van der Waals surface area contributed by atoms with E-state index in [1.54, 1.807) is 18.2 Å². The second-order valence-corrected chi connectivity index (χ2v) is 4.85. The zero-order valence-corrected chi connectivity index (χ0v) is 11.6. The van der Waals surface area contributed by atoms with E-state index >= 15 is 0 Å². The number of anilines is 1. The summed E-state index contributed by atoms with van der Waals surface area (Å²) in [4.78, 5) is 16.5. The lowest BCUT2D eigenvalue weighted by molar-refractivity contribution is 0.0467. The Labute approximate surface area is 122 Å². The average Bonchev–Trinajstić information content (AvgIpc) is 2.90. The predicted molar refractivity (Wildman–Crippen MR) is 79.9 cm³/mol. The lowest BCUT2D eigenvalue weighted by atomic mass is 10.1. The van der Waals surface area contributed by atoms with Crippen molar-refractivity contribution in [2.24, 2.45) is 0 Å². The summed E-state index contributed by atoms with van der Waals surface area (Å²) in [6.07, 6.45) is 3.74. The van der Waals surface area contributed by atoms with E-state index in [9.17, 15) is 4.79 Å². The van der Waals surface area contributed by atoms with Gasteiger partial charge in [-0.1, -0.05) is 12.1 Å². The molecule has 106 valence electrons. The Morgan fingerprint density at radius 2 is 2.19 bits per heavy atom. The molecule has 1 aromatic carbocycles. The number of carbonyl (C=O) groups excluding carboxylic acids is 1. The molecule has 3 rings (SSSR count). The molecule has 0 aliphatic carbocycles. The minimum Gasteiger partial charge on any atom is -0.456 e. The Kier molecular flexibility index (Phi) is 3.31. The standard InChI is InChI=1S/C16H15N3O2/c1-11-5-6-12(17)8-14(11)16(20)21-10-13-9-19-7-3-2-4-15(19)18-13/h2-9H,10,17H2,1H3. The molecule has 0 saturated carbocycles. The molecule has 5 heteroatoms. The number of aromatic nitrogens is 2. The maximum atomic E-state index is 12.1. The van der Waals surface area contributed by atoms with Crippen LogP contribution in [0.2, 0.25) is 0 Å². The Hall–Kier alpha value is -2.82. The highest BCUT2D eigenvalue weighted by Gasteiger charge is 2.12. The number of nitrogen functional groups attached to an aromatic ring is 1. The molecular weight excluding hydrogens is 266 g/mol. The number of rotatable bonds is 3. The van der Waals surface area contributed by atoms with E-state index in [2.05, 4.69) is 4.98 Å². The summed E-state index contributed by atoms with van der Waals surface area (Å²) in [5.74, 6) is -0.392. The van der Waals surface area contributed by atoms with Gasteiger partial charge in [0.2, 0.25) is 0 Å². The fraction of sp³-hybridized carbons (Fsp3) is 0.125. The number of hydrogen-bond acceptors (Lipinski definition) is 4. The molecular formula is C16H15N3O2. The Morgan fingerprint density at radius 1 is 1.33 bits per heavy atom. The number of hydrogen-bond donors (Lipinski definition) is 1. The van der Waals surface area contributed by atoms with Crippen molar-refractivity contribution in [1.82, 2.24) is 9.38 Å². The number of esters is 1. The van der Waals surface area contributed by atoms with E-state index in [-0.39, 0.29) is 6.61 Å². The molecule has 2 N–H and O–H groups in total. The van der Waals surface area contributed by atoms with Crippen LogP contribution in [-0.4, -0.2) is 15.4 Å². The van der Waals surface area contributed by atoms with Crippen molar-refractivity contribution < 1.29 is 9.53 Å². The largest absolute Gasteiger partial charge is 0.456 e. The number of ether oxygens (including phenoxy) is 1. The smallest absolute Gasteiger partial charge is 0.338 e. The van der Waals surface area contributed by atoms with Crippen LogP contribution in [0.4, 0.5) is 5.69 Å². The maximum Gasteiger partial charge on any atom is 0.338 e. The van der Waals surface area contributed by atoms with E-state index in [0.29, 0.717) is 16.9 Å². The molecule has 0 bridgehead atoms. The summed E-state index contributed by atoms with van der Waals surface area (Å²) in [5, 5.41) is 0. The topological polar surface area (TPSA) is 69.6 Å². The van der Waals surface area contributed by atoms with Crippen LogP contribution in [0.15, 0.2) is 48.8 Å². The normalized spacial score (nSPS) is 10.7. The van der Waals surface area contributed by atoms with Gasteiger partial charge in [0.15, 0.2) is 0 Å². The molecule has 5 nitrogen and oxygen atoms in total. The highest BCUT2D eigenvalue weighted by Crippen LogP contribution is 2.15. The number of nitrogens with zero attached hydrogens (tertiary/aromatic N) is 2. The van der Waals surface area contributed by atoms with Gasteiger partial charge >= 0.3 is 5.97 Å². The fourth-order valence-corrected chi connectivity index (χ4v) is 2.13. The fourth-order valence-electron chi connectivity index (χ4n) is 2.13. The van der Waals surface area contributed by atoms with Gasteiger partial charge in [0.25, 0.3) is 0 Å². The van der Waals surface area contributed by atoms with Crippen LogP contribution in [-0.2, 0) is 11.3 Å². The van der Waals surface area contributed by atoms with E-state index in [0.717, 1.165) is 11.2 Å². The molecule has 2 aromatic heterocycles. The number of pyridine rings is 1. The van der Waals surface area contributed by atoms with E-state index in [1.807, 2.05) is 41.9 Å². The molecule has 0 spiro atoms. The summed E-state index contributed by atoms with van der Waals surface area (Å²) in [6.45, 7) is 1.98. The van der Waals surface area contributed by atoms with Gasteiger partial charge in [-0.05, 0) is 36.8 Å². The first-order valence-electron chi connectivity index (χ1n) is 6.59. The summed E-state index contributed by atoms with van der Waals surface area (Å²) in [7, 11) is 0. The number of nitrogens with two attached hydrogens (primary N) is 1. The van der Waals surface area contributed by atoms with Crippen molar-refractivity contribution in [3.05, 3.63) is 65.6 Å². The van der Waals surface area contributed by atoms with Crippen LogP contribution in [0.1, 0.15) is 21.6 Å². The first-order valence-corrected chi connectivity index (χ1v) is 6.59. The van der Waals surface area contributed by atoms with Crippen LogP contribution < -0.4 is 5.73 Å². The molecule has 0 atom stereocenters. The van der Waals surface area contributed by atoms with Crippen molar-refractivity contribution in [3.8, 4) is 0 Å². The summed E-state index contributed by atoms with van der Waals surface area (Å²) in [5.41, 5.74) is 9.09. The molecule has 0 radical (unpaired) electrons. The van der Waals surface area contributed by atoms with Crippen LogP contribution in [0.5, 0.6) is 0 Å². The van der Waals surface area contributed by atoms with Gasteiger partial charge in [0.1, 0.15) is 12.3 Å². The maximum absolute atomic E-state index is 12.1. The Bertz CT molecular complexity index is 775. The average molecular weight is 281 g/mol. The van der Waals surface area contributed by atoms with Crippen LogP contribution in [0.25, 0.3) is 5.65 Å². The summed E-state index contributed by atoms with van der Waals surface area (Å²) < 4.78 is 7.19. The van der Waals surface area contributed by atoms with Gasteiger partial charge in [-0.2, -0.15) is 0 Å². The van der Waals surface area contributed by atoms with Gasteiger partial charge in [0, 0.05) is 18.1 Å². The van der Waals surface area contributed by atoms with Crippen molar-refractivity contribution >= 4 is 17.3 Å². The van der Waals surface area contributed by atoms with Crippen molar-refractivity contribution in [2.75, 3.05) is 5.73 Å². The van der Waals surface area contributed by atoms with E-state index < -0.39 is 5.97 Å². The molecule has 3 aromatic rings. The third-order valence-corrected chi connectivity index (χ3v) is 3.25. The van der Waals surface area contributed by atoms with E-state index in [1.165, 1.54) is 0 Å². The summed E-state index contributed by atoms with van der Waals surface area (Å²) in [6, 6.07) is 10.9. The van der Waals surface area contributed by atoms with E-state index in [4.69, 9.17) is 10.5 Å². The second-order valence-electron chi connectivity index (χ2n) is 4.85. The minimum atomic E-state index is -0.392. The highest BCUT2D eigenvalue weighted by molar-refractivity contribution is 5.92. The molecule has 21 heavy (non-hydrogen) atoms. The zero-order valence-electron chi connectivity index (χ0n) is 11.6. The van der Waals surface area contributed by atoms with Gasteiger partial charge in [-0.15, -0.1) is 0 Å².